The summed E-state index contributed by atoms with van der Waals surface area (Å²) >= 11 is 0. The van der Waals surface area contributed by atoms with Crippen LogP contribution >= 0.6 is 0 Å². The first-order valence-electron chi connectivity index (χ1n) is 8.41. The highest BCUT2D eigenvalue weighted by Crippen LogP contribution is 2.19. The molecule has 0 saturated carbocycles. The van der Waals surface area contributed by atoms with E-state index in [-0.39, 0.29) is 17.0 Å². The quantitative estimate of drug-likeness (QED) is 0.661. The van der Waals surface area contributed by atoms with Gasteiger partial charge in [0.25, 0.3) is 11.8 Å². The third kappa shape index (κ3) is 3.64. The number of nitrogens with one attached hydrogen (secondary N) is 3. The van der Waals surface area contributed by atoms with Crippen LogP contribution in [0, 0.1) is 0 Å². The average molecular weight is 349 g/mol. The van der Waals surface area contributed by atoms with E-state index in [1.54, 1.807) is 48.5 Å². The number of para-hydroxylation sites is 2. The molecule has 0 fully saturated rings. The van der Waals surface area contributed by atoms with Gasteiger partial charge in [0, 0.05) is 23.5 Å². The fourth-order valence-electron chi connectivity index (χ4n) is 2.71. The normalized spacial score (nSPS) is 10.5. The number of anilines is 1. The van der Waals surface area contributed by atoms with E-state index in [4.69, 9.17) is 0 Å². The molecule has 3 aromatic rings. The predicted octanol–water partition coefficient (Wildman–Crippen LogP) is 2.92. The Morgan fingerprint density at radius 1 is 0.962 bits per heavy atom. The van der Waals surface area contributed by atoms with Crippen LogP contribution in [-0.2, 0) is 0 Å². The largest absolute Gasteiger partial charge is 0.352 e. The number of amides is 2. The Balaban J connectivity index is 1.95. The molecule has 3 N–H and O–H groups in total. The van der Waals surface area contributed by atoms with Gasteiger partial charge in [-0.15, -0.1) is 0 Å². The second-order valence-corrected chi connectivity index (χ2v) is 5.85. The van der Waals surface area contributed by atoms with Gasteiger partial charge in [-0.25, -0.2) is 0 Å². The van der Waals surface area contributed by atoms with Gasteiger partial charge in [-0.1, -0.05) is 37.3 Å². The Bertz CT molecular complexity index is 1020. The SMILES string of the molecule is CCCNC(=O)c1ccccc1NC(=O)c1cc(=O)[nH]c2ccccc12. The molecule has 132 valence electrons. The first-order chi connectivity index (χ1) is 12.6. The van der Waals surface area contributed by atoms with Crippen molar-refractivity contribution in [1.82, 2.24) is 10.3 Å². The summed E-state index contributed by atoms with van der Waals surface area (Å²) in [7, 11) is 0. The number of carbonyl (C=O) groups excluding carboxylic acids is 2. The summed E-state index contributed by atoms with van der Waals surface area (Å²) in [6.45, 7) is 2.52. The Kier molecular flexibility index (Phi) is 5.12. The summed E-state index contributed by atoms with van der Waals surface area (Å²) in [4.78, 5) is 39.6. The van der Waals surface area contributed by atoms with Crippen molar-refractivity contribution in [1.29, 1.82) is 0 Å². The molecule has 0 radical (unpaired) electrons. The van der Waals surface area contributed by atoms with Crippen LogP contribution in [0.4, 0.5) is 5.69 Å². The van der Waals surface area contributed by atoms with Gasteiger partial charge < -0.3 is 15.6 Å². The van der Waals surface area contributed by atoms with Gasteiger partial charge in [-0.3, -0.25) is 14.4 Å². The van der Waals surface area contributed by atoms with Gasteiger partial charge in [0.1, 0.15) is 0 Å². The van der Waals surface area contributed by atoms with Crippen LogP contribution in [0.1, 0.15) is 34.1 Å². The standard InChI is InChI=1S/C20H19N3O3/c1-2-11-21-19(25)14-8-4-6-10-17(14)23-20(26)15-12-18(24)22-16-9-5-3-7-13(15)16/h3-10,12H,2,11H2,1H3,(H,21,25)(H,22,24)(H,23,26). The molecule has 6 heteroatoms. The lowest BCUT2D eigenvalue weighted by Crippen LogP contribution is -2.26. The Hall–Kier alpha value is -3.41. The molecule has 0 saturated heterocycles. The molecule has 0 unspecified atom stereocenters. The van der Waals surface area contributed by atoms with E-state index >= 15 is 0 Å². The molecule has 0 bridgehead atoms. The minimum absolute atomic E-state index is 0.251. The number of hydrogen-bond donors (Lipinski definition) is 3. The number of H-pyrrole nitrogens is 1. The number of benzene rings is 2. The van der Waals surface area contributed by atoms with Gasteiger partial charge in [0.15, 0.2) is 0 Å². The van der Waals surface area contributed by atoms with E-state index in [0.29, 0.717) is 28.7 Å². The number of aromatic amines is 1. The zero-order valence-corrected chi connectivity index (χ0v) is 14.3. The first kappa shape index (κ1) is 17.4. The van der Waals surface area contributed by atoms with Crippen molar-refractivity contribution >= 4 is 28.4 Å². The molecule has 1 aromatic heterocycles. The lowest BCUT2D eigenvalue weighted by atomic mass is 10.1. The molecular weight excluding hydrogens is 330 g/mol. The maximum atomic E-state index is 12.8. The lowest BCUT2D eigenvalue weighted by molar-refractivity contribution is 0.0954. The third-order valence-electron chi connectivity index (χ3n) is 3.95. The zero-order valence-electron chi connectivity index (χ0n) is 14.3. The van der Waals surface area contributed by atoms with Crippen LogP contribution in [0.15, 0.2) is 59.4 Å². The maximum absolute atomic E-state index is 12.8. The highest BCUT2D eigenvalue weighted by molar-refractivity contribution is 6.14. The number of fused-ring (bicyclic) bond motifs is 1. The van der Waals surface area contributed by atoms with Crippen molar-refractivity contribution in [2.45, 2.75) is 13.3 Å². The van der Waals surface area contributed by atoms with Crippen LogP contribution in [0.5, 0.6) is 0 Å². The zero-order chi connectivity index (χ0) is 18.5. The second-order valence-electron chi connectivity index (χ2n) is 5.85. The summed E-state index contributed by atoms with van der Waals surface area (Å²) < 4.78 is 0. The molecule has 0 aliphatic carbocycles. The molecule has 0 aliphatic rings. The van der Waals surface area contributed by atoms with Gasteiger partial charge in [-0.05, 0) is 24.6 Å². The summed E-state index contributed by atoms with van der Waals surface area (Å²) in [5.41, 5.74) is 1.26. The second kappa shape index (κ2) is 7.65. The average Bonchev–Trinajstić information content (AvgIpc) is 2.65. The van der Waals surface area contributed by atoms with Crippen LogP contribution in [-0.4, -0.2) is 23.3 Å². The minimum Gasteiger partial charge on any atom is -0.352 e. The van der Waals surface area contributed by atoms with Crippen molar-refractivity contribution in [2.75, 3.05) is 11.9 Å². The summed E-state index contributed by atoms with van der Waals surface area (Å²) in [6.07, 6.45) is 0.818. The molecule has 0 aliphatic heterocycles. The van der Waals surface area contributed by atoms with Gasteiger partial charge in [0.05, 0.1) is 16.8 Å². The van der Waals surface area contributed by atoms with Gasteiger partial charge in [0.2, 0.25) is 5.56 Å². The highest BCUT2D eigenvalue weighted by atomic mass is 16.2. The third-order valence-corrected chi connectivity index (χ3v) is 3.95. The van der Waals surface area contributed by atoms with Crippen LogP contribution in [0.25, 0.3) is 10.9 Å². The molecular formula is C20H19N3O3. The molecule has 2 aromatic carbocycles. The van der Waals surface area contributed by atoms with E-state index < -0.39 is 5.91 Å². The number of aromatic nitrogens is 1. The summed E-state index contributed by atoms with van der Waals surface area (Å²) in [5, 5.41) is 6.18. The van der Waals surface area contributed by atoms with Crippen molar-refractivity contribution < 1.29 is 9.59 Å². The van der Waals surface area contributed by atoms with Gasteiger partial charge >= 0.3 is 0 Å². The Labute approximate surface area is 150 Å². The lowest BCUT2D eigenvalue weighted by Gasteiger charge is -2.12. The minimum atomic E-state index is -0.442. The van der Waals surface area contributed by atoms with E-state index in [2.05, 4.69) is 15.6 Å². The fraction of sp³-hybridized carbons (Fsp3) is 0.150. The molecule has 0 atom stereocenters. The number of pyridine rings is 1. The van der Waals surface area contributed by atoms with E-state index in [1.165, 1.54) is 6.07 Å². The number of hydrogen-bond acceptors (Lipinski definition) is 3. The maximum Gasteiger partial charge on any atom is 0.256 e. The monoisotopic (exact) mass is 349 g/mol. The topological polar surface area (TPSA) is 91.1 Å². The predicted molar refractivity (Wildman–Crippen MR) is 102 cm³/mol. The van der Waals surface area contributed by atoms with Crippen LogP contribution in [0.3, 0.4) is 0 Å². The molecule has 2 amide bonds. The van der Waals surface area contributed by atoms with Crippen molar-refractivity contribution in [2.24, 2.45) is 0 Å². The van der Waals surface area contributed by atoms with Crippen molar-refractivity contribution in [3.63, 3.8) is 0 Å². The number of carbonyl (C=O) groups is 2. The van der Waals surface area contributed by atoms with Crippen molar-refractivity contribution in [3.05, 3.63) is 76.1 Å². The first-order valence-corrected chi connectivity index (χ1v) is 8.41. The molecule has 0 spiro atoms. The highest BCUT2D eigenvalue weighted by Gasteiger charge is 2.16. The molecule has 3 rings (SSSR count). The fourth-order valence-corrected chi connectivity index (χ4v) is 2.71. The van der Waals surface area contributed by atoms with E-state index in [1.807, 2.05) is 6.92 Å². The summed E-state index contributed by atoms with van der Waals surface area (Å²) in [6, 6.07) is 15.1. The Morgan fingerprint density at radius 2 is 1.69 bits per heavy atom. The van der Waals surface area contributed by atoms with E-state index in [0.717, 1.165) is 6.42 Å². The van der Waals surface area contributed by atoms with Crippen LogP contribution in [0.2, 0.25) is 0 Å². The van der Waals surface area contributed by atoms with Gasteiger partial charge in [-0.2, -0.15) is 0 Å². The van der Waals surface area contributed by atoms with E-state index in [9.17, 15) is 14.4 Å². The smallest absolute Gasteiger partial charge is 0.256 e. The Morgan fingerprint density at radius 3 is 2.50 bits per heavy atom. The molecule has 26 heavy (non-hydrogen) atoms. The molecule has 6 nitrogen and oxygen atoms in total. The van der Waals surface area contributed by atoms with Crippen LogP contribution < -0.4 is 16.2 Å². The number of rotatable bonds is 5. The van der Waals surface area contributed by atoms with Crippen molar-refractivity contribution in [3.8, 4) is 0 Å². The molecule has 1 heterocycles. The summed E-state index contributed by atoms with van der Waals surface area (Å²) in [5.74, 6) is -0.693.